The number of methoxy groups -OCH3 is 1. The summed E-state index contributed by atoms with van der Waals surface area (Å²) in [6.07, 6.45) is -0.271. The first-order valence-corrected chi connectivity index (χ1v) is 5.15. The van der Waals surface area contributed by atoms with Gasteiger partial charge in [-0.2, -0.15) is 0 Å². The summed E-state index contributed by atoms with van der Waals surface area (Å²) < 4.78 is 4.58. The molecule has 0 fully saturated rings. The highest BCUT2D eigenvalue weighted by atomic mass is 35.5. The number of benzene rings is 1. The fourth-order valence-electron chi connectivity index (χ4n) is 1.49. The lowest BCUT2D eigenvalue weighted by Gasteiger charge is -2.04. The Morgan fingerprint density at radius 2 is 2.31 bits per heavy atom. The van der Waals surface area contributed by atoms with Gasteiger partial charge in [-0.1, -0.05) is 35.0 Å². The second-order valence-corrected chi connectivity index (χ2v) is 3.75. The largest absolute Gasteiger partial charge is 0.466 e. The predicted molar refractivity (Wildman–Crippen MR) is 59.5 cm³/mol. The second kappa shape index (κ2) is 4.53. The Balaban J connectivity index is 2.15. The van der Waals surface area contributed by atoms with Gasteiger partial charge in [0.2, 0.25) is 6.10 Å². The van der Waals surface area contributed by atoms with Crippen molar-refractivity contribution >= 4 is 23.3 Å². The van der Waals surface area contributed by atoms with Gasteiger partial charge in [-0.3, -0.25) is 0 Å². The Kier molecular flexibility index (Phi) is 3.10. The van der Waals surface area contributed by atoms with E-state index in [2.05, 4.69) is 9.89 Å². The van der Waals surface area contributed by atoms with E-state index >= 15 is 0 Å². The Morgan fingerprint density at radius 3 is 3.00 bits per heavy atom. The molecule has 0 saturated carbocycles. The van der Waals surface area contributed by atoms with Gasteiger partial charge >= 0.3 is 5.97 Å². The molecular weight excluding hydrogens is 230 g/mol. The summed E-state index contributed by atoms with van der Waals surface area (Å²) in [5.41, 5.74) is 1.46. The SMILES string of the molecule is COC(=O)C1CC(c2ccccc2Cl)=NO1. The Morgan fingerprint density at radius 1 is 1.56 bits per heavy atom. The lowest BCUT2D eigenvalue weighted by molar-refractivity contribution is -0.152. The Bertz CT molecular complexity index is 445. The van der Waals surface area contributed by atoms with Gasteiger partial charge < -0.3 is 9.57 Å². The van der Waals surface area contributed by atoms with E-state index in [1.165, 1.54) is 7.11 Å². The van der Waals surface area contributed by atoms with Crippen LogP contribution in [0.15, 0.2) is 29.4 Å². The highest BCUT2D eigenvalue weighted by molar-refractivity contribution is 6.34. The maximum atomic E-state index is 11.2. The zero-order chi connectivity index (χ0) is 11.5. The first-order chi connectivity index (χ1) is 7.72. The van der Waals surface area contributed by atoms with Crippen molar-refractivity contribution in [2.24, 2.45) is 5.16 Å². The molecule has 4 nitrogen and oxygen atoms in total. The molecule has 16 heavy (non-hydrogen) atoms. The second-order valence-electron chi connectivity index (χ2n) is 3.34. The number of hydrogen-bond donors (Lipinski definition) is 0. The van der Waals surface area contributed by atoms with E-state index in [9.17, 15) is 4.79 Å². The normalized spacial score (nSPS) is 18.9. The lowest BCUT2D eigenvalue weighted by atomic mass is 10.1. The minimum absolute atomic E-state index is 0.385. The molecule has 1 heterocycles. The van der Waals surface area contributed by atoms with Crippen molar-refractivity contribution in [3.63, 3.8) is 0 Å². The van der Waals surface area contributed by atoms with Crippen LogP contribution in [0.4, 0.5) is 0 Å². The van der Waals surface area contributed by atoms with Crippen LogP contribution >= 0.6 is 11.6 Å². The number of ether oxygens (including phenoxy) is 1. The van der Waals surface area contributed by atoms with Crippen molar-refractivity contribution in [2.75, 3.05) is 7.11 Å². The number of oxime groups is 1. The Labute approximate surface area is 97.8 Å². The molecule has 1 aromatic rings. The molecule has 0 bridgehead atoms. The molecule has 1 aliphatic heterocycles. The predicted octanol–water partition coefficient (Wildman–Crippen LogP) is 2.01. The summed E-state index contributed by atoms with van der Waals surface area (Å²) in [4.78, 5) is 16.2. The summed E-state index contributed by atoms with van der Waals surface area (Å²) in [7, 11) is 1.32. The summed E-state index contributed by atoms with van der Waals surface area (Å²) in [5, 5.41) is 4.44. The zero-order valence-electron chi connectivity index (χ0n) is 8.64. The monoisotopic (exact) mass is 239 g/mol. The van der Waals surface area contributed by atoms with Crippen LogP contribution in [-0.4, -0.2) is 24.9 Å². The third-order valence-corrected chi connectivity index (χ3v) is 2.65. The third-order valence-electron chi connectivity index (χ3n) is 2.32. The Hall–Kier alpha value is -1.55. The maximum absolute atomic E-state index is 11.2. The van der Waals surface area contributed by atoms with Crippen molar-refractivity contribution in [1.29, 1.82) is 0 Å². The van der Waals surface area contributed by atoms with Crippen LogP contribution in [0.3, 0.4) is 0 Å². The summed E-state index contributed by atoms with van der Waals surface area (Å²) in [6.45, 7) is 0. The van der Waals surface area contributed by atoms with Crippen LogP contribution < -0.4 is 0 Å². The van der Waals surface area contributed by atoms with Crippen LogP contribution in [-0.2, 0) is 14.4 Å². The van der Waals surface area contributed by atoms with Crippen LogP contribution in [0.1, 0.15) is 12.0 Å². The van der Waals surface area contributed by atoms with E-state index < -0.39 is 12.1 Å². The van der Waals surface area contributed by atoms with Gasteiger partial charge in [0.05, 0.1) is 12.8 Å². The zero-order valence-corrected chi connectivity index (χ0v) is 9.40. The summed E-state index contributed by atoms with van der Waals surface area (Å²) in [5.74, 6) is -0.425. The van der Waals surface area contributed by atoms with Crippen molar-refractivity contribution in [3.8, 4) is 0 Å². The number of halogens is 1. The molecule has 0 radical (unpaired) electrons. The highest BCUT2D eigenvalue weighted by Gasteiger charge is 2.30. The van der Waals surface area contributed by atoms with E-state index in [4.69, 9.17) is 16.4 Å². The summed E-state index contributed by atoms with van der Waals surface area (Å²) >= 11 is 6.01. The number of esters is 1. The van der Waals surface area contributed by atoms with E-state index in [-0.39, 0.29) is 0 Å². The molecule has 5 heteroatoms. The van der Waals surface area contributed by atoms with Crippen molar-refractivity contribution in [3.05, 3.63) is 34.9 Å². The molecule has 0 aromatic heterocycles. The van der Waals surface area contributed by atoms with E-state index in [1.807, 2.05) is 18.2 Å². The van der Waals surface area contributed by atoms with E-state index in [0.717, 1.165) is 5.56 Å². The number of rotatable bonds is 2. The van der Waals surface area contributed by atoms with Crippen molar-refractivity contribution < 1.29 is 14.4 Å². The quantitative estimate of drug-likeness (QED) is 0.742. The molecule has 84 valence electrons. The van der Waals surface area contributed by atoms with Gasteiger partial charge in [0, 0.05) is 17.0 Å². The third kappa shape index (κ3) is 2.02. The topological polar surface area (TPSA) is 47.9 Å². The average Bonchev–Trinajstić information content (AvgIpc) is 2.78. The first-order valence-electron chi connectivity index (χ1n) is 4.78. The smallest absolute Gasteiger partial charge is 0.350 e. The molecule has 0 saturated heterocycles. The molecule has 1 aliphatic rings. The average molecular weight is 240 g/mol. The molecule has 0 amide bonds. The molecule has 1 aromatic carbocycles. The van der Waals surface area contributed by atoms with E-state index in [0.29, 0.717) is 17.2 Å². The lowest BCUT2D eigenvalue weighted by Crippen LogP contribution is -2.22. The van der Waals surface area contributed by atoms with Crippen LogP contribution in [0.5, 0.6) is 0 Å². The minimum atomic E-state index is -0.656. The van der Waals surface area contributed by atoms with Gasteiger partial charge in [0.25, 0.3) is 0 Å². The highest BCUT2D eigenvalue weighted by Crippen LogP contribution is 2.23. The number of carbonyl (C=O) groups is 1. The van der Waals surface area contributed by atoms with Crippen molar-refractivity contribution in [2.45, 2.75) is 12.5 Å². The van der Waals surface area contributed by atoms with E-state index in [1.54, 1.807) is 6.07 Å². The standard InChI is InChI=1S/C11H10ClNO3/c1-15-11(14)10-6-9(13-16-10)7-4-2-3-5-8(7)12/h2-5,10H,6H2,1H3. The van der Waals surface area contributed by atoms with Gasteiger partial charge in [-0.15, -0.1) is 0 Å². The molecular formula is C11H10ClNO3. The first kappa shape index (κ1) is 11.0. The molecule has 1 atom stereocenters. The van der Waals surface area contributed by atoms with Gasteiger partial charge in [-0.05, 0) is 6.07 Å². The van der Waals surface area contributed by atoms with Crippen LogP contribution in [0.2, 0.25) is 5.02 Å². The molecule has 0 aliphatic carbocycles. The molecule has 0 spiro atoms. The number of carbonyl (C=O) groups excluding carboxylic acids is 1. The van der Waals surface area contributed by atoms with Crippen molar-refractivity contribution in [1.82, 2.24) is 0 Å². The molecule has 2 rings (SSSR count). The fraction of sp³-hybridized carbons (Fsp3) is 0.273. The van der Waals surface area contributed by atoms with Gasteiger partial charge in [0.15, 0.2) is 0 Å². The van der Waals surface area contributed by atoms with Crippen LogP contribution in [0.25, 0.3) is 0 Å². The minimum Gasteiger partial charge on any atom is -0.466 e. The fourth-order valence-corrected chi connectivity index (χ4v) is 1.73. The van der Waals surface area contributed by atoms with Crippen LogP contribution in [0, 0.1) is 0 Å². The van der Waals surface area contributed by atoms with Gasteiger partial charge in [-0.25, -0.2) is 4.79 Å². The summed E-state index contributed by atoms with van der Waals surface area (Å²) in [6, 6.07) is 7.30. The number of hydrogen-bond acceptors (Lipinski definition) is 4. The van der Waals surface area contributed by atoms with Gasteiger partial charge in [0.1, 0.15) is 0 Å². The number of nitrogens with zero attached hydrogens (tertiary/aromatic N) is 1. The molecule has 0 N–H and O–H groups in total. The molecule has 1 unspecified atom stereocenters. The maximum Gasteiger partial charge on any atom is 0.350 e.